The zero-order chi connectivity index (χ0) is 13.6. The monoisotopic (exact) mass is 274 g/mol. The van der Waals surface area contributed by atoms with E-state index in [-0.39, 0.29) is 10.6 Å². The van der Waals surface area contributed by atoms with Crippen molar-refractivity contribution in [1.82, 2.24) is 0 Å². The molecule has 102 valence electrons. The van der Waals surface area contributed by atoms with Gasteiger partial charge in [-0.1, -0.05) is 13.0 Å². The molecule has 0 amide bonds. The fourth-order valence-electron chi connectivity index (χ4n) is 1.35. The van der Waals surface area contributed by atoms with Crippen LogP contribution in [0, 0.1) is 0 Å². The Balaban J connectivity index is 2.67. The van der Waals surface area contributed by atoms with E-state index < -0.39 is 10.0 Å². The Labute approximate surface area is 107 Å². The van der Waals surface area contributed by atoms with Gasteiger partial charge in [-0.15, -0.1) is 0 Å². The Kier molecular flexibility index (Phi) is 5.39. The van der Waals surface area contributed by atoms with Crippen molar-refractivity contribution in [1.29, 1.82) is 0 Å². The summed E-state index contributed by atoms with van der Waals surface area (Å²) in [5.41, 5.74) is 5.71. The molecule has 0 saturated heterocycles. The molecular weight excluding hydrogens is 256 g/mol. The van der Waals surface area contributed by atoms with Crippen LogP contribution in [0.3, 0.4) is 0 Å². The van der Waals surface area contributed by atoms with Crippen LogP contribution in [0.5, 0.6) is 5.75 Å². The number of anilines is 1. The summed E-state index contributed by atoms with van der Waals surface area (Å²) in [5, 5.41) is 5.03. The summed E-state index contributed by atoms with van der Waals surface area (Å²) < 4.78 is 33.1. The van der Waals surface area contributed by atoms with Crippen molar-refractivity contribution in [3.8, 4) is 5.75 Å². The van der Waals surface area contributed by atoms with E-state index in [1.807, 2.05) is 6.92 Å². The lowest BCUT2D eigenvalue weighted by molar-refractivity contribution is 0.101. The molecule has 7 heteroatoms. The van der Waals surface area contributed by atoms with E-state index in [4.69, 9.17) is 20.3 Å². The summed E-state index contributed by atoms with van der Waals surface area (Å²) in [5.74, 6) is 0.293. The van der Waals surface area contributed by atoms with Crippen LogP contribution in [0.1, 0.15) is 13.3 Å². The maximum Gasteiger partial charge on any atom is 0.240 e. The number of hydrogen-bond donors (Lipinski definition) is 2. The summed E-state index contributed by atoms with van der Waals surface area (Å²) in [7, 11) is -3.83. The molecule has 0 aliphatic carbocycles. The molecule has 0 spiro atoms. The van der Waals surface area contributed by atoms with E-state index in [1.54, 1.807) is 6.07 Å². The second kappa shape index (κ2) is 6.58. The van der Waals surface area contributed by atoms with Gasteiger partial charge in [0.25, 0.3) is 0 Å². The predicted octanol–water partition coefficient (Wildman–Crippen LogP) is 0.722. The number of rotatable bonds is 7. The molecule has 1 aromatic carbocycles. The van der Waals surface area contributed by atoms with E-state index in [0.29, 0.717) is 25.6 Å². The van der Waals surface area contributed by atoms with Crippen molar-refractivity contribution in [3.63, 3.8) is 0 Å². The zero-order valence-electron chi connectivity index (χ0n) is 10.3. The Morgan fingerprint density at radius 2 is 1.94 bits per heavy atom. The fourth-order valence-corrected chi connectivity index (χ4v) is 2.03. The minimum Gasteiger partial charge on any atom is -0.489 e. The minimum atomic E-state index is -3.83. The van der Waals surface area contributed by atoms with Crippen LogP contribution in [0.15, 0.2) is 23.1 Å². The van der Waals surface area contributed by atoms with E-state index in [0.717, 1.165) is 6.42 Å². The highest BCUT2D eigenvalue weighted by Crippen LogP contribution is 2.27. The maximum absolute atomic E-state index is 11.2. The van der Waals surface area contributed by atoms with E-state index >= 15 is 0 Å². The first-order valence-electron chi connectivity index (χ1n) is 5.58. The van der Waals surface area contributed by atoms with Crippen LogP contribution >= 0.6 is 0 Å². The van der Waals surface area contributed by atoms with E-state index in [1.165, 1.54) is 12.1 Å². The third-order valence-corrected chi connectivity index (χ3v) is 3.14. The number of ether oxygens (including phenoxy) is 2. The molecule has 0 radical (unpaired) electrons. The minimum absolute atomic E-state index is 0.0236. The van der Waals surface area contributed by atoms with Gasteiger partial charge in [0.1, 0.15) is 17.3 Å². The lowest BCUT2D eigenvalue weighted by Crippen LogP contribution is -2.15. The van der Waals surface area contributed by atoms with Gasteiger partial charge in [-0.2, -0.15) is 0 Å². The highest BCUT2D eigenvalue weighted by Gasteiger charge is 2.15. The Hall–Kier alpha value is -1.31. The van der Waals surface area contributed by atoms with Gasteiger partial charge in [-0.3, -0.25) is 0 Å². The van der Waals surface area contributed by atoms with Gasteiger partial charge in [-0.05, 0) is 18.6 Å². The highest BCUT2D eigenvalue weighted by molar-refractivity contribution is 7.89. The summed E-state index contributed by atoms with van der Waals surface area (Å²) in [6.07, 6.45) is 0.934. The first kappa shape index (κ1) is 14.7. The first-order valence-corrected chi connectivity index (χ1v) is 7.13. The number of benzene rings is 1. The normalized spacial score (nSPS) is 11.4. The Morgan fingerprint density at radius 1 is 1.22 bits per heavy atom. The van der Waals surface area contributed by atoms with Gasteiger partial charge in [0.05, 0.1) is 12.3 Å². The first-order chi connectivity index (χ1) is 8.46. The SMILES string of the molecule is CCCOCCOc1cccc(S(N)(=O)=O)c1N. The Morgan fingerprint density at radius 3 is 2.56 bits per heavy atom. The molecular formula is C11H18N2O4S. The van der Waals surface area contributed by atoms with Crippen molar-refractivity contribution in [2.24, 2.45) is 5.14 Å². The van der Waals surface area contributed by atoms with Gasteiger partial charge in [0, 0.05) is 6.61 Å². The quantitative estimate of drug-likeness (QED) is 0.563. The number of nitrogens with two attached hydrogens (primary N) is 2. The van der Waals surface area contributed by atoms with Crippen LogP contribution in [-0.2, 0) is 14.8 Å². The van der Waals surface area contributed by atoms with Gasteiger partial charge in [-0.25, -0.2) is 13.6 Å². The zero-order valence-corrected chi connectivity index (χ0v) is 11.1. The van der Waals surface area contributed by atoms with Crippen molar-refractivity contribution in [2.45, 2.75) is 18.2 Å². The topological polar surface area (TPSA) is 105 Å². The lowest BCUT2D eigenvalue weighted by Gasteiger charge is -2.11. The largest absolute Gasteiger partial charge is 0.489 e. The summed E-state index contributed by atoms with van der Waals surface area (Å²) in [6, 6.07) is 4.45. The number of nitrogen functional groups attached to an aromatic ring is 1. The third kappa shape index (κ3) is 4.17. The van der Waals surface area contributed by atoms with Gasteiger partial charge in [0.2, 0.25) is 10.0 Å². The van der Waals surface area contributed by atoms with Crippen molar-refractivity contribution in [2.75, 3.05) is 25.6 Å². The second-order valence-corrected chi connectivity index (χ2v) is 5.20. The van der Waals surface area contributed by atoms with Crippen LogP contribution in [0.25, 0.3) is 0 Å². The Bertz CT molecular complexity index is 488. The van der Waals surface area contributed by atoms with Gasteiger partial charge in [0.15, 0.2) is 0 Å². The molecule has 6 nitrogen and oxygen atoms in total. The highest BCUT2D eigenvalue weighted by atomic mass is 32.2. The average Bonchev–Trinajstić information content (AvgIpc) is 2.29. The molecule has 0 heterocycles. The predicted molar refractivity (Wildman–Crippen MR) is 68.8 cm³/mol. The fraction of sp³-hybridized carbons (Fsp3) is 0.455. The molecule has 0 saturated carbocycles. The molecule has 0 aromatic heterocycles. The summed E-state index contributed by atoms with van der Waals surface area (Å²) in [6.45, 7) is 3.40. The molecule has 0 fully saturated rings. The van der Waals surface area contributed by atoms with Crippen LogP contribution < -0.4 is 15.6 Å². The summed E-state index contributed by atoms with van der Waals surface area (Å²) >= 11 is 0. The summed E-state index contributed by atoms with van der Waals surface area (Å²) in [4.78, 5) is -0.130. The third-order valence-electron chi connectivity index (χ3n) is 2.17. The second-order valence-electron chi connectivity index (χ2n) is 3.67. The average molecular weight is 274 g/mol. The molecule has 1 rings (SSSR count). The lowest BCUT2D eigenvalue weighted by atomic mass is 10.3. The number of primary sulfonamides is 1. The standard InChI is InChI=1S/C11H18N2O4S/c1-2-6-16-7-8-17-9-4-3-5-10(11(9)12)18(13,14)15/h3-5H,2,6-8,12H2,1H3,(H2,13,14,15). The number of para-hydroxylation sites is 1. The molecule has 18 heavy (non-hydrogen) atoms. The molecule has 0 aliphatic heterocycles. The molecule has 0 bridgehead atoms. The smallest absolute Gasteiger partial charge is 0.240 e. The molecule has 4 N–H and O–H groups in total. The van der Waals surface area contributed by atoms with Crippen LogP contribution in [0.2, 0.25) is 0 Å². The van der Waals surface area contributed by atoms with Crippen molar-refractivity contribution in [3.05, 3.63) is 18.2 Å². The maximum atomic E-state index is 11.2. The van der Waals surface area contributed by atoms with Crippen molar-refractivity contribution < 1.29 is 17.9 Å². The number of hydrogen-bond acceptors (Lipinski definition) is 5. The van der Waals surface area contributed by atoms with Crippen LogP contribution in [-0.4, -0.2) is 28.2 Å². The van der Waals surface area contributed by atoms with E-state index in [9.17, 15) is 8.42 Å². The van der Waals surface area contributed by atoms with Gasteiger partial charge < -0.3 is 15.2 Å². The molecule has 0 atom stereocenters. The number of sulfonamides is 1. The van der Waals surface area contributed by atoms with Crippen LogP contribution in [0.4, 0.5) is 5.69 Å². The van der Waals surface area contributed by atoms with E-state index in [2.05, 4.69) is 0 Å². The molecule has 0 aliphatic rings. The molecule has 0 unspecified atom stereocenters. The van der Waals surface area contributed by atoms with Gasteiger partial charge >= 0.3 is 0 Å². The van der Waals surface area contributed by atoms with Crippen molar-refractivity contribution >= 4 is 15.7 Å². The molecule has 1 aromatic rings.